The number of thioether (sulfide) groups is 1. The lowest BCUT2D eigenvalue weighted by molar-refractivity contribution is 0.251. The molecule has 1 fully saturated rings. The predicted molar refractivity (Wildman–Crippen MR) is 101 cm³/mol. The Morgan fingerprint density at radius 2 is 1.81 bits per heavy atom. The number of halogens is 2. The lowest BCUT2D eigenvalue weighted by atomic mass is 10.2. The number of aromatic nitrogens is 1. The Kier molecular flexibility index (Phi) is 7.32. The first-order valence-corrected chi connectivity index (χ1v) is 10.1. The SMILES string of the molecule is FC(F)SCc1ccc(CNCc2ccc(N3CCCCCC3)nc2)o1. The van der Waals surface area contributed by atoms with Gasteiger partial charge in [-0.1, -0.05) is 30.7 Å². The molecule has 3 rings (SSSR count). The Labute approximate surface area is 157 Å². The molecule has 0 amide bonds. The highest BCUT2D eigenvalue weighted by Gasteiger charge is 2.11. The van der Waals surface area contributed by atoms with E-state index < -0.39 is 5.76 Å². The molecule has 2 aromatic rings. The fourth-order valence-corrected chi connectivity index (χ4v) is 3.52. The summed E-state index contributed by atoms with van der Waals surface area (Å²) >= 11 is 0.573. The fourth-order valence-electron chi connectivity index (χ4n) is 3.08. The maximum atomic E-state index is 12.2. The van der Waals surface area contributed by atoms with Crippen LogP contribution in [0, 0.1) is 0 Å². The second kappa shape index (κ2) is 9.92. The van der Waals surface area contributed by atoms with Crippen LogP contribution in [0.1, 0.15) is 42.8 Å². The molecule has 0 saturated carbocycles. The summed E-state index contributed by atoms with van der Waals surface area (Å²) in [6.45, 7) is 3.44. The fraction of sp³-hybridized carbons (Fsp3) is 0.526. The van der Waals surface area contributed by atoms with E-state index in [2.05, 4.69) is 27.3 Å². The molecule has 4 nitrogen and oxygen atoms in total. The van der Waals surface area contributed by atoms with Gasteiger partial charge in [0, 0.05) is 25.8 Å². The number of alkyl halides is 2. The first-order chi connectivity index (χ1) is 12.7. The second-order valence-corrected chi connectivity index (χ2v) is 7.45. The smallest absolute Gasteiger partial charge is 0.284 e. The maximum absolute atomic E-state index is 12.2. The molecule has 1 saturated heterocycles. The van der Waals surface area contributed by atoms with E-state index in [1.807, 2.05) is 12.3 Å². The third kappa shape index (κ3) is 5.99. The largest absolute Gasteiger partial charge is 0.464 e. The number of anilines is 1. The van der Waals surface area contributed by atoms with Crippen LogP contribution in [0.5, 0.6) is 0 Å². The van der Waals surface area contributed by atoms with Crippen LogP contribution in [0.3, 0.4) is 0 Å². The molecular formula is C19H25F2N3OS. The summed E-state index contributed by atoms with van der Waals surface area (Å²) < 4.78 is 29.9. The molecule has 2 aromatic heterocycles. The van der Waals surface area contributed by atoms with E-state index in [1.165, 1.54) is 25.7 Å². The molecule has 1 aliphatic rings. The van der Waals surface area contributed by atoms with Crippen LogP contribution < -0.4 is 10.2 Å². The van der Waals surface area contributed by atoms with Crippen molar-refractivity contribution < 1.29 is 13.2 Å². The number of nitrogens with zero attached hydrogens (tertiary/aromatic N) is 2. The monoisotopic (exact) mass is 381 g/mol. The standard InChI is InChI=1S/C19H25F2N3OS/c20-19(21)26-14-17-7-6-16(25-17)13-22-11-15-5-8-18(23-12-15)24-9-3-1-2-4-10-24/h5-8,12,19,22H,1-4,9-11,13-14H2. The van der Waals surface area contributed by atoms with Crippen molar-refractivity contribution in [2.24, 2.45) is 0 Å². The summed E-state index contributed by atoms with van der Waals surface area (Å²) in [5, 5.41) is 3.30. The van der Waals surface area contributed by atoms with Gasteiger partial charge in [0.2, 0.25) is 0 Å². The van der Waals surface area contributed by atoms with Gasteiger partial charge in [0.1, 0.15) is 17.3 Å². The van der Waals surface area contributed by atoms with E-state index in [4.69, 9.17) is 4.42 Å². The zero-order chi connectivity index (χ0) is 18.2. The van der Waals surface area contributed by atoms with Crippen molar-refractivity contribution in [2.75, 3.05) is 18.0 Å². The molecule has 0 radical (unpaired) electrons. The molecule has 0 aromatic carbocycles. The zero-order valence-electron chi connectivity index (χ0n) is 14.8. The number of hydrogen-bond acceptors (Lipinski definition) is 5. The molecule has 7 heteroatoms. The Morgan fingerprint density at radius 1 is 1.04 bits per heavy atom. The van der Waals surface area contributed by atoms with Crippen molar-refractivity contribution in [3.05, 3.63) is 47.5 Å². The van der Waals surface area contributed by atoms with Gasteiger partial charge in [0.15, 0.2) is 0 Å². The van der Waals surface area contributed by atoms with Gasteiger partial charge in [-0.15, -0.1) is 0 Å². The molecule has 3 heterocycles. The van der Waals surface area contributed by atoms with Gasteiger partial charge < -0.3 is 14.6 Å². The van der Waals surface area contributed by atoms with Crippen molar-refractivity contribution in [3.8, 4) is 0 Å². The summed E-state index contributed by atoms with van der Waals surface area (Å²) in [6.07, 6.45) is 7.03. The van der Waals surface area contributed by atoms with Gasteiger partial charge in [0.25, 0.3) is 5.76 Å². The van der Waals surface area contributed by atoms with Gasteiger partial charge >= 0.3 is 0 Å². The van der Waals surface area contributed by atoms with Crippen LogP contribution in [0.2, 0.25) is 0 Å². The van der Waals surface area contributed by atoms with E-state index in [-0.39, 0.29) is 5.75 Å². The van der Waals surface area contributed by atoms with Crippen molar-refractivity contribution in [2.45, 2.75) is 50.3 Å². The van der Waals surface area contributed by atoms with Crippen LogP contribution in [0.4, 0.5) is 14.6 Å². The summed E-state index contributed by atoms with van der Waals surface area (Å²) in [7, 11) is 0. The molecule has 142 valence electrons. The van der Waals surface area contributed by atoms with Crippen molar-refractivity contribution in [3.63, 3.8) is 0 Å². The predicted octanol–water partition coefficient (Wildman–Crippen LogP) is 4.80. The summed E-state index contributed by atoms with van der Waals surface area (Å²) in [4.78, 5) is 6.97. The average molecular weight is 381 g/mol. The molecule has 0 bridgehead atoms. The maximum Gasteiger partial charge on any atom is 0.284 e. The minimum Gasteiger partial charge on any atom is -0.464 e. The molecule has 0 atom stereocenters. The highest BCUT2D eigenvalue weighted by Crippen LogP contribution is 2.21. The van der Waals surface area contributed by atoms with Gasteiger partial charge in [-0.05, 0) is 36.6 Å². The third-order valence-electron chi connectivity index (χ3n) is 4.44. The number of pyridine rings is 1. The number of furan rings is 1. The van der Waals surface area contributed by atoms with Crippen LogP contribution in [0.25, 0.3) is 0 Å². The van der Waals surface area contributed by atoms with Crippen molar-refractivity contribution in [1.82, 2.24) is 10.3 Å². The quantitative estimate of drug-likeness (QED) is 0.711. The third-order valence-corrected chi connectivity index (χ3v) is 5.14. The minimum absolute atomic E-state index is 0.194. The molecule has 1 aliphatic heterocycles. The molecule has 0 unspecified atom stereocenters. The van der Waals surface area contributed by atoms with Crippen LogP contribution in [-0.4, -0.2) is 23.8 Å². The number of hydrogen-bond donors (Lipinski definition) is 1. The van der Waals surface area contributed by atoms with Gasteiger partial charge in [0.05, 0.1) is 12.3 Å². The van der Waals surface area contributed by atoms with E-state index >= 15 is 0 Å². The van der Waals surface area contributed by atoms with E-state index in [1.54, 1.807) is 6.07 Å². The van der Waals surface area contributed by atoms with Crippen LogP contribution >= 0.6 is 11.8 Å². The second-order valence-electron chi connectivity index (χ2n) is 6.47. The van der Waals surface area contributed by atoms with E-state index in [0.29, 0.717) is 30.6 Å². The zero-order valence-corrected chi connectivity index (χ0v) is 15.6. The van der Waals surface area contributed by atoms with E-state index in [9.17, 15) is 8.78 Å². The molecule has 0 spiro atoms. The van der Waals surface area contributed by atoms with Crippen molar-refractivity contribution >= 4 is 17.6 Å². The molecule has 1 N–H and O–H groups in total. The highest BCUT2D eigenvalue weighted by molar-refractivity contribution is 7.98. The Hall–Kier alpha value is -1.60. The Bertz CT molecular complexity index is 655. The van der Waals surface area contributed by atoms with Gasteiger partial charge in [-0.25, -0.2) is 4.98 Å². The molecular weight excluding hydrogens is 356 g/mol. The van der Waals surface area contributed by atoms with Crippen LogP contribution in [0.15, 0.2) is 34.9 Å². The Balaban J connectivity index is 1.43. The molecule has 0 aliphatic carbocycles. The normalized spacial score (nSPS) is 15.4. The minimum atomic E-state index is -2.37. The van der Waals surface area contributed by atoms with E-state index in [0.717, 1.165) is 30.2 Å². The van der Waals surface area contributed by atoms with Crippen LogP contribution in [-0.2, 0) is 18.8 Å². The first kappa shape index (κ1) is 19.2. The van der Waals surface area contributed by atoms with Gasteiger partial charge in [-0.3, -0.25) is 0 Å². The van der Waals surface area contributed by atoms with Crippen molar-refractivity contribution in [1.29, 1.82) is 0 Å². The Morgan fingerprint density at radius 3 is 2.50 bits per heavy atom. The lowest BCUT2D eigenvalue weighted by Crippen LogP contribution is -2.24. The average Bonchev–Trinajstić information content (AvgIpc) is 2.92. The summed E-state index contributed by atoms with van der Waals surface area (Å²) in [6, 6.07) is 7.78. The summed E-state index contributed by atoms with van der Waals surface area (Å²) in [5.74, 6) is 0.216. The number of rotatable bonds is 8. The summed E-state index contributed by atoms with van der Waals surface area (Å²) in [5.41, 5.74) is 1.11. The first-order valence-electron chi connectivity index (χ1n) is 9.08. The number of nitrogens with one attached hydrogen (secondary N) is 1. The highest BCUT2D eigenvalue weighted by atomic mass is 32.2. The lowest BCUT2D eigenvalue weighted by Gasteiger charge is -2.21. The topological polar surface area (TPSA) is 41.3 Å². The molecule has 26 heavy (non-hydrogen) atoms. The van der Waals surface area contributed by atoms with Gasteiger partial charge in [-0.2, -0.15) is 8.78 Å².